The molecular weight excluding hydrogens is 322 g/mol. The van der Waals surface area contributed by atoms with E-state index < -0.39 is 23.1 Å². The fourth-order valence-corrected chi connectivity index (χ4v) is 3.21. The summed E-state index contributed by atoms with van der Waals surface area (Å²) in [5, 5.41) is 38.8. The van der Waals surface area contributed by atoms with Crippen LogP contribution in [0.15, 0.2) is 52.5 Å². The number of fused-ring (bicyclic) bond motifs is 1. The van der Waals surface area contributed by atoms with Crippen molar-refractivity contribution < 1.29 is 30.0 Å². The normalized spacial score (nSPS) is 18.6. The maximum Gasteiger partial charge on any atom is 0.292 e. The van der Waals surface area contributed by atoms with Gasteiger partial charge in [0.25, 0.3) is 11.6 Å². The molecule has 0 aliphatic heterocycles. The van der Waals surface area contributed by atoms with Gasteiger partial charge in [0.15, 0.2) is 0 Å². The smallest absolute Gasteiger partial charge is 0.292 e. The number of Topliss-reactive ketones (excluding diaryl/α,β-unsaturated/α-hetero) is 2. The number of benzene rings is 1. The molecule has 118 valence electrons. The molecule has 0 saturated carbocycles. The fourth-order valence-electron chi connectivity index (χ4n) is 2.25. The number of carbonyl (C=O) groups is 2. The van der Waals surface area contributed by atoms with Crippen molar-refractivity contribution in [3.05, 3.63) is 53.9 Å². The molecule has 1 aliphatic carbocycles. The van der Waals surface area contributed by atoms with Crippen molar-refractivity contribution in [3.8, 4) is 0 Å². The van der Waals surface area contributed by atoms with Crippen LogP contribution in [0.2, 0.25) is 0 Å². The molecule has 0 spiro atoms. The molecule has 0 fully saturated rings. The minimum Gasteiger partial charge on any atom is -0.355 e. The predicted molar refractivity (Wildman–Crippen MR) is 77.8 cm³/mol. The lowest BCUT2D eigenvalue weighted by Gasteiger charge is -2.37. The summed E-state index contributed by atoms with van der Waals surface area (Å²) in [7, 11) is 0. The monoisotopic (exact) mass is 333 g/mol. The summed E-state index contributed by atoms with van der Waals surface area (Å²) in [5.41, 5.74) is -0.541. The first kappa shape index (κ1) is 15.8. The second-order valence-electron chi connectivity index (χ2n) is 4.97. The molecule has 0 bridgehead atoms. The Labute approximate surface area is 134 Å². The van der Waals surface area contributed by atoms with E-state index in [2.05, 4.69) is 4.98 Å². The first-order valence-corrected chi connectivity index (χ1v) is 7.28. The molecule has 1 aliphatic rings. The molecule has 0 atom stereocenters. The van der Waals surface area contributed by atoms with Crippen molar-refractivity contribution >= 4 is 23.3 Å². The Morgan fingerprint density at radius 3 is 2.13 bits per heavy atom. The molecule has 4 N–H and O–H groups in total. The number of ketones is 2. The molecule has 0 amide bonds. The Morgan fingerprint density at radius 2 is 1.48 bits per heavy atom. The molecule has 23 heavy (non-hydrogen) atoms. The van der Waals surface area contributed by atoms with Gasteiger partial charge >= 0.3 is 0 Å². The van der Waals surface area contributed by atoms with Crippen LogP contribution in [0.4, 0.5) is 0 Å². The first-order valence-electron chi connectivity index (χ1n) is 6.47. The molecule has 0 radical (unpaired) electrons. The van der Waals surface area contributed by atoms with Crippen LogP contribution in [0, 0.1) is 0 Å². The number of carbonyl (C=O) groups excluding carboxylic acids is 2. The molecule has 0 unspecified atom stereocenters. The van der Waals surface area contributed by atoms with Crippen LogP contribution in [-0.4, -0.2) is 48.6 Å². The number of pyridine rings is 1. The number of hydrogen-bond acceptors (Lipinski definition) is 8. The summed E-state index contributed by atoms with van der Waals surface area (Å²) < 4.78 is 0. The maximum absolute atomic E-state index is 12.3. The van der Waals surface area contributed by atoms with E-state index in [0.29, 0.717) is 4.90 Å². The third kappa shape index (κ3) is 2.28. The van der Waals surface area contributed by atoms with E-state index in [4.69, 9.17) is 0 Å². The zero-order valence-corrected chi connectivity index (χ0v) is 12.3. The Hall–Kier alpha value is -2.10. The maximum atomic E-state index is 12.3. The molecule has 1 aromatic carbocycles. The third-order valence-corrected chi connectivity index (χ3v) is 4.56. The zero-order chi connectivity index (χ0) is 16.8. The molecular formula is C15H11NO6S. The SMILES string of the molecule is O=C1c2cccc(Sc3ccncc3)c2C(=O)C(O)(O)C1(O)O. The Bertz CT molecular complexity index is 803. The van der Waals surface area contributed by atoms with Gasteiger partial charge in [-0.05, 0) is 18.2 Å². The van der Waals surface area contributed by atoms with Crippen molar-refractivity contribution in [2.45, 2.75) is 21.4 Å². The van der Waals surface area contributed by atoms with Crippen molar-refractivity contribution in [3.63, 3.8) is 0 Å². The molecule has 0 saturated heterocycles. The van der Waals surface area contributed by atoms with Crippen LogP contribution in [0.25, 0.3) is 0 Å². The van der Waals surface area contributed by atoms with Crippen LogP contribution in [0.5, 0.6) is 0 Å². The average molecular weight is 333 g/mol. The predicted octanol–water partition coefficient (Wildman–Crippen LogP) is -0.0264. The highest BCUT2D eigenvalue weighted by Gasteiger charge is 2.63. The van der Waals surface area contributed by atoms with Crippen molar-refractivity contribution in [1.82, 2.24) is 4.98 Å². The molecule has 8 heteroatoms. The van der Waals surface area contributed by atoms with Gasteiger partial charge < -0.3 is 20.4 Å². The van der Waals surface area contributed by atoms with Crippen molar-refractivity contribution in [2.75, 3.05) is 0 Å². The van der Waals surface area contributed by atoms with Gasteiger partial charge in [0.1, 0.15) is 0 Å². The van der Waals surface area contributed by atoms with Gasteiger partial charge in [-0.15, -0.1) is 0 Å². The molecule has 7 nitrogen and oxygen atoms in total. The molecule has 3 rings (SSSR count). The number of aromatic nitrogens is 1. The lowest BCUT2D eigenvalue weighted by atomic mass is 9.80. The van der Waals surface area contributed by atoms with Crippen LogP contribution in [0.1, 0.15) is 20.7 Å². The highest BCUT2D eigenvalue weighted by molar-refractivity contribution is 7.99. The van der Waals surface area contributed by atoms with Crippen LogP contribution >= 0.6 is 11.8 Å². The van der Waals surface area contributed by atoms with Gasteiger partial charge in [-0.25, -0.2) is 0 Å². The Kier molecular flexibility index (Phi) is 3.58. The standard InChI is InChI=1S/C15H11NO6S/c17-12-9-2-1-3-10(23-8-4-6-16-7-5-8)11(9)13(18)15(21,22)14(12,19)20/h1-7,19-22H. The van der Waals surface area contributed by atoms with Gasteiger partial charge in [-0.3, -0.25) is 14.6 Å². The minimum atomic E-state index is -3.62. The second kappa shape index (κ2) is 5.22. The van der Waals surface area contributed by atoms with Crippen molar-refractivity contribution in [2.24, 2.45) is 0 Å². The van der Waals surface area contributed by atoms with E-state index in [0.717, 1.165) is 11.8 Å². The van der Waals surface area contributed by atoms with E-state index in [1.54, 1.807) is 24.5 Å². The molecule has 2 aromatic rings. The Balaban J connectivity index is 2.17. The van der Waals surface area contributed by atoms with E-state index in [-0.39, 0.29) is 16.0 Å². The first-order chi connectivity index (χ1) is 10.8. The topological polar surface area (TPSA) is 128 Å². The van der Waals surface area contributed by atoms with Gasteiger partial charge in [-0.1, -0.05) is 23.9 Å². The minimum absolute atomic E-state index is 0.261. The van der Waals surface area contributed by atoms with E-state index >= 15 is 0 Å². The summed E-state index contributed by atoms with van der Waals surface area (Å²) in [6, 6.07) is 7.56. The van der Waals surface area contributed by atoms with Gasteiger partial charge in [0.05, 0.1) is 0 Å². The Morgan fingerprint density at radius 1 is 0.870 bits per heavy atom. The highest BCUT2D eigenvalue weighted by atomic mass is 32.2. The lowest BCUT2D eigenvalue weighted by Crippen LogP contribution is -2.66. The van der Waals surface area contributed by atoms with Crippen LogP contribution in [0.3, 0.4) is 0 Å². The summed E-state index contributed by atoms with van der Waals surface area (Å²) in [6.07, 6.45) is 3.08. The fraction of sp³-hybridized carbons (Fsp3) is 0.133. The second-order valence-corrected chi connectivity index (χ2v) is 6.08. The number of aliphatic hydroxyl groups is 4. The third-order valence-electron chi connectivity index (χ3n) is 3.49. The van der Waals surface area contributed by atoms with Gasteiger partial charge in [-0.2, -0.15) is 0 Å². The average Bonchev–Trinajstić information content (AvgIpc) is 2.53. The van der Waals surface area contributed by atoms with Crippen molar-refractivity contribution in [1.29, 1.82) is 0 Å². The van der Waals surface area contributed by atoms with E-state index in [1.165, 1.54) is 18.2 Å². The quantitative estimate of drug-likeness (QED) is 0.564. The number of nitrogens with zero attached hydrogens (tertiary/aromatic N) is 1. The van der Waals surface area contributed by atoms with Gasteiger partial charge in [0, 0.05) is 33.3 Å². The summed E-state index contributed by atoms with van der Waals surface area (Å²) in [6.45, 7) is 0. The van der Waals surface area contributed by atoms with Crippen LogP contribution in [-0.2, 0) is 0 Å². The van der Waals surface area contributed by atoms with E-state index in [9.17, 15) is 30.0 Å². The largest absolute Gasteiger partial charge is 0.355 e. The molecule has 1 aromatic heterocycles. The summed E-state index contributed by atoms with van der Waals surface area (Å²) >= 11 is 1.11. The van der Waals surface area contributed by atoms with Gasteiger partial charge in [0.2, 0.25) is 11.6 Å². The zero-order valence-electron chi connectivity index (χ0n) is 11.5. The summed E-state index contributed by atoms with van der Waals surface area (Å²) in [4.78, 5) is 29.3. The lowest BCUT2D eigenvalue weighted by molar-refractivity contribution is -0.299. The number of rotatable bonds is 2. The summed E-state index contributed by atoms with van der Waals surface area (Å²) in [5.74, 6) is -9.92. The molecule has 1 heterocycles. The van der Waals surface area contributed by atoms with E-state index in [1.807, 2.05) is 0 Å². The number of hydrogen-bond donors (Lipinski definition) is 4. The van der Waals surface area contributed by atoms with Crippen LogP contribution < -0.4 is 0 Å². The highest BCUT2D eigenvalue weighted by Crippen LogP contribution is 2.39.